The van der Waals surface area contributed by atoms with Gasteiger partial charge in [0.1, 0.15) is 5.15 Å². The Morgan fingerprint density at radius 2 is 2.25 bits per heavy atom. The average molecular weight is 267 g/mol. The van der Waals surface area contributed by atoms with Gasteiger partial charge in [0.15, 0.2) is 0 Å². The molecule has 0 spiro atoms. The van der Waals surface area contributed by atoms with Gasteiger partial charge in [-0.1, -0.05) is 11.6 Å². The zero-order valence-corrected chi connectivity index (χ0v) is 10.6. The van der Waals surface area contributed by atoms with E-state index in [9.17, 15) is 8.42 Å². The van der Waals surface area contributed by atoms with Crippen LogP contribution in [-0.4, -0.2) is 31.1 Å². The second-order valence-electron chi connectivity index (χ2n) is 3.34. The van der Waals surface area contributed by atoms with E-state index in [1.807, 2.05) is 0 Å². The highest BCUT2D eigenvalue weighted by Gasteiger charge is 2.21. The molecule has 1 heterocycles. The number of aromatic nitrogens is 2. The van der Waals surface area contributed by atoms with Crippen LogP contribution in [-0.2, 0) is 17.1 Å². The third-order valence-electron chi connectivity index (χ3n) is 2.01. The zero-order chi connectivity index (χ0) is 12.2. The minimum Gasteiger partial charge on any atom is -0.330 e. The van der Waals surface area contributed by atoms with Gasteiger partial charge in [0, 0.05) is 13.6 Å². The summed E-state index contributed by atoms with van der Waals surface area (Å²) in [5.74, 6) is 0. The van der Waals surface area contributed by atoms with E-state index < -0.39 is 10.0 Å². The smallest absolute Gasteiger partial charge is 0.261 e. The van der Waals surface area contributed by atoms with Gasteiger partial charge in [0.2, 0.25) is 5.03 Å². The molecule has 0 saturated carbocycles. The van der Waals surface area contributed by atoms with Crippen molar-refractivity contribution in [1.82, 2.24) is 14.3 Å². The summed E-state index contributed by atoms with van der Waals surface area (Å²) in [7, 11) is -1.98. The molecule has 0 aliphatic rings. The van der Waals surface area contributed by atoms with Gasteiger partial charge in [-0.15, -0.1) is 0 Å². The molecule has 0 bridgehead atoms. The van der Waals surface area contributed by atoms with E-state index in [4.69, 9.17) is 17.3 Å². The average Bonchev–Trinajstić information content (AvgIpc) is 2.55. The lowest BCUT2D eigenvalue weighted by Crippen LogP contribution is -2.25. The number of halogens is 1. The van der Waals surface area contributed by atoms with Crippen LogP contribution in [0.3, 0.4) is 0 Å². The lowest BCUT2D eigenvalue weighted by Gasteiger charge is -2.04. The van der Waals surface area contributed by atoms with Crippen LogP contribution in [0.4, 0.5) is 0 Å². The summed E-state index contributed by atoms with van der Waals surface area (Å²) >= 11 is 5.79. The molecule has 0 fully saturated rings. The standard InChI is InChI=1S/C8H15ClN4O2S/c1-13-6-11-8(7(13)9)16(14,15)12-5-3-2-4-10/h6,12H,2-5,10H2,1H3. The predicted octanol–water partition coefficient (Wildman–Crippen LogP) is 0.0907. The van der Waals surface area contributed by atoms with Gasteiger partial charge in [-0.2, -0.15) is 0 Å². The maximum Gasteiger partial charge on any atom is 0.261 e. The normalized spacial score (nSPS) is 11.9. The van der Waals surface area contributed by atoms with Crippen LogP contribution in [0.25, 0.3) is 0 Å². The molecule has 0 aromatic carbocycles. The number of nitrogens with zero attached hydrogens (tertiary/aromatic N) is 2. The van der Waals surface area contributed by atoms with Crippen molar-refractivity contribution in [3.05, 3.63) is 11.5 Å². The molecule has 0 aliphatic carbocycles. The maximum atomic E-state index is 11.7. The molecule has 0 radical (unpaired) electrons. The van der Waals surface area contributed by atoms with Crippen LogP contribution in [0.5, 0.6) is 0 Å². The fourth-order valence-electron chi connectivity index (χ4n) is 1.12. The van der Waals surface area contributed by atoms with E-state index in [-0.39, 0.29) is 10.2 Å². The highest BCUT2D eigenvalue weighted by Crippen LogP contribution is 2.17. The van der Waals surface area contributed by atoms with Crippen molar-refractivity contribution >= 4 is 21.6 Å². The molecule has 0 saturated heterocycles. The van der Waals surface area contributed by atoms with E-state index in [1.54, 1.807) is 7.05 Å². The number of aryl methyl sites for hydroxylation is 1. The Hall–Kier alpha value is -0.630. The molecule has 8 heteroatoms. The largest absolute Gasteiger partial charge is 0.330 e. The van der Waals surface area contributed by atoms with Crippen LogP contribution < -0.4 is 10.5 Å². The van der Waals surface area contributed by atoms with Gasteiger partial charge in [-0.3, -0.25) is 0 Å². The zero-order valence-electron chi connectivity index (χ0n) is 8.98. The van der Waals surface area contributed by atoms with Gasteiger partial charge in [0.05, 0.1) is 6.33 Å². The van der Waals surface area contributed by atoms with Crippen molar-refractivity contribution < 1.29 is 8.42 Å². The number of imidazole rings is 1. The van der Waals surface area contributed by atoms with Crippen molar-refractivity contribution in [2.24, 2.45) is 12.8 Å². The highest BCUT2D eigenvalue weighted by atomic mass is 35.5. The summed E-state index contributed by atoms with van der Waals surface area (Å²) in [6, 6.07) is 0. The van der Waals surface area contributed by atoms with E-state index in [0.717, 1.165) is 6.42 Å². The molecule has 16 heavy (non-hydrogen) atoms. The molecule has 1 rings (SSSR count). The number of sulfonamides is 1. The van der Waals surface area contributed by atoms with Gasteiger partial charge in [0.25, 0.3) is 10.0 Å². The quantitative estimate of drug-likeness (QED) is 0.714. The minimum atomic E-state index is -3.61. The molecule has 0 aliphatic heterocycles. The van der Waals surface area contributed by atoms with E-state index >= 15 is 0 Å². The van der Waals surface area contributed by atoms with Gasteiger partial charge in [-0.25, -0.2) is 18.1 Å². The van der Waals surface area contributed by atoms with Crippen molar-refractivity contribution in [3.8, 4) is 0 Å². The Labute approximate surface area is 99.8 Å². The van der Waals surface area contributed by atoms with E-state index in [0.29, 0.717) is 19.5 Å². The summed E-state index contributed by atoms with van der Waals surface area (Å²) in [5, 5.41) is -0.0317. The molecule has 0 amide bonds. The summed E-state index contributed by atoms with van der Waals surface area (Å²) < 4.78 is 27.3. The van der Waals surface area contributed by atoms with Crippen molar-refractivity contribution in [2.75, 3.05) is 13.1 Å². The van der Waals surface area contributed by atoms with Crippen molar-refractivity contribution in [1.29, 1.82) is 0 Å². The van der Waals surface area contributed by atoms with Crippen LogP contribution >= 0.6 is 11.6 Å². The summed E-state index contributed by atoms with van der Waals surface area (Å²) in [4.78, 5) is 3.74. The fourth-order valence-corrected chi connectivity index (χ4v) is 2.62. The Balaban J connectivity index is 2.68. The topological polar surface area (TPSA) is 90.0 Å². The number of unbranched alkanes of at least 4 members (excludes halogenated alkanes) is 1. The Morgan fingerprint density at radius 3 is 2.75 bits per heavy atom. The van der Waals surface area contributed by atoms with Crippen LogP contribution in [0.1, 0.15) is 12.8 Å². The van der Waals surface area contributed by atoms with Crippen LogP contribution in [0, 0.1) is 0 Å². The van der Waals surface area contributed by atoms with Crippen LogP contribution in [0.15, 0.2) is 11.4 Å². The number of rotatable bonds is 6. The monoisotopic (exact) mass is 266 g/mol. The number of nitrogens with two attached hydrogens (primary N) is 1. The molecular formula is C8H15ClN4O2S. The molecule has 6 nitrogen and oxygen atoms in total. The maximum absolute atomic E-state index is 11.7. The first-order valence-corrected chi connectivity index (χ1v) is 6.71. The first-order chi connectivity index (χ1) is 7.49. The van der Waals surface area contributed by atoms with E-state index in [2.05, 4.69) is 9.71 Å². The second-order valence-corrected chi connectivity index (χ2v) is 5.39. The molecule has 3 N–H and O–H groups in total. The molecule has 1 aromatic heterocycles. The summed E-state index contributed by atoms with van der Waals surface area (Å²) in [6.45, 7) is 0.887. The third-order valence-corrected chi connectivity index (χ3v) is 3.96. The highest BCUT2D eigenvalue weighted by molar-refractivity contribution is 7.89. The number of nitrogens with one attached hydrogen (secondary N) is 1. The Morgan fingerprint density at radius 1 is 1.56 bits per heavy atom. The molecule has 0 atom stereocenters. The number of hydrogen-bond acceptors (Lipinski definition) is 4. The molecule has 0 unspecified atom stereocenters. The summed E-state index contributed by atoms with van der Waals surface area (Å²) in [6.07, 6.45) is 2.83. The molecule has 1 aromatic rings. The second kappa shape index (κ2) is 5.62. The van der Waals surface area contributed by atoms with Gasteiger partial charge in [-0.05, 0) is 19.4 Å². The summed E-state index contributed by atoms with van der Waals surface area (Å²) in [5.41, 5.74) is 5.30. The molecule has 92 valence electrons. The van der Waals surface area contributed by atoms with Gasteiger partial charge >= 0.3 is 0 Å². The van der Waals surface area contributed by atoms with E-state index in [1.165, 1.54) is 10.9 Å². The lowest BCUT2D eigenvalue weighted by atomic mass is 10.3. The first-order valence-electron chi connectivity index (χ1n) is 4.85. The Bertz CT molecular complexity index is 443. The minimum absolute atomic E-state index is 0.103. The fraction of sp³-hybridized carbons (Fsp3) is 0.625. The SMILES string of the molecule is Cn1cnc(S(=O)(=O)NCCCCN)c1Cl. The first kappa shape index (κ1) is 13.4. The van der Waals surface area contributed by atoms with Crippen molar-refractivity contribution in [2.45, 2.75) is 17.9 Å². The Kier molecular flexibility index (Phi) is 4.72. The molecular weight excluding hydrogens is 252 g/mol. The number of hydrogen-bond donors (Lipinski definition) is 2. The van der Waals surface area contributed by atoms with Crippen LogP contribution in [0.2, 0.25) is 5.15 Å². The predicted molar refractivity (Wildman–Crippen MR) is 61.7 cm³/mol. The lowest BCUT2D eigenvalue weighted by molar-refractivity contribution is 0.574. The third kappa shape index (κ3) is 3.18. The van der Waals surface area contributed by atoms with Crippen molar-refractivity contribution in [3.63, 3.8) is 0 Å². The van der Waals surface area contributed by atoms with Gasteiger partial charge < -0.3 is 10.3 Å².